The summed E-state index contributed by atoms with van der Waals surface area (Å²) < 4.78 is 10.3. The van der Waals surface area contributed by atoms with Crippen LogP contribution in [0.15, 0.2) is 10.6 Å². The molecule has 2 rings (SSSR count). The van der Waals surface area contributed by atoms with Crippen molar-refractivity contribution in [3.8, 4) is 0 Å². The molecule has 1 aromatic rings. The van der Waals surface area contributed by atoms with Crippen LogP contribution in [0.3, 0.4) is 0 Å². The highest BCUT2D eigenvalue weighted by atomic mass is 35.5. The van der Waals surface area contributed by atoms with Gasteiger partial charge in [-0.3, -0.25) is 9.69 Å². The van der Waals surface area contributed by atoms with Gasteiger partial charge in [0, 0.05) is 32.3 Å². The van der Waals surface area contributed by atoms with Gasteiger partial charge in [0.1, 0.15) is 5.76 Å². The Balaban J connectivity index is 0.00000220. The molecule has 120 valence electrons. The predicted molar refractivity (Wildman–Crippen MR) is 81.6 cm³/mol. The summed E-state index contributed by atoms with van der Waals surface area (Å²) in [5, 5.41) is 6.47. The van der Waals surface area contributed by atoms with Crippen molar-refractivity contribution in [2.75, 3.05) is 32.1 Å². The third-order valence-electron chi connectivity index (χ3n) is 3.64. The van der Waals surface area contributed by atoms with E-state index in [9.17, 15) is 4.79 Å². The fourth-order valence-electron chi connectivity index (χ4n) is 2.52. The van der Waals surface area contributed by atoms with E-state index >= 15 is 0 Å². The van der Waals surface area contributed by atoms with Gasteiger partial charge in [0.2, 0.25) is 5.91 Å². The number of amides is 1. The Bertz CT molecular complexity index is 454. The van der Waals surface area contributed by atoms with Gasteiger partial charge in [0.05, 0.1) is 12.6 Å². The molecule has 7 nitrogen and oxygen atoms in total. The van der Waals surface area contributed by atoms with Gasteiger partial charge in [0.15, 0.2) is 5.82 Å². The van der Waals surface area contributed by atoms with Crippen molar-refractivity contribution in [3.05, 3.63) is 11.8 Å². The molecule has 1 amide bonds. The van der Waals surface area contributed by atoms with Gasteiger partial charge in [-0.05, 0) is 19.8 Å². The molecule has 0 radical (unpaired) electrons. The van der Waals surface area contributed by atoms with Crippen LogP contribution >= 0.6 is 12.4 Å². The maximum atomic E-state index is 12.0. The molecular formula is C13H23ClN4O3. The summed E-state index contributed by atoms with van der Waals surface area (Å²) in [5.74, 6) is 1.01. The number of hydrogen-bond donors (Lipinski definition) is 2. The van der Waals surface area contributed by atoms with E-state index in [1.54, 1.807) is 20.1 Å². The van der Waals surface area contributed by atoms with Crippen molar-refractivity contribution in [3.63, 3.8) is 0 Å². The molecule has 2 atom stereocenters. The molecule has 3 N–H and O–H groups in total. The highest BCUT2D eigenvalue weighted by molar-refractivity contribution is 5.91. The minimum Gasteiger partial charge on any atom is -0.381 e. The van der Waals surface area contributed by atoms with Crippen molar-refractivity contribution < 1.29 is 14.1 Å². The number of carbonyl (C=O) groups is 1. The molecule has 2 heterocycles. The van der Waals surface area contributed by atoms with Gasteiger partial charge in [-0.1, -0.05) is 5.16 Å². The average molecular weight is 319 g/mol. The lowest BCUT2D eigenvalue weighted by molar-refractivity contribution is -0.118. The number of ether oxygens (including phenoxy) is 1. The van der Waals surface area contributed by atoms with Crippen LogP contribution < -0.4 is 11.1 Å². The van der Waals surface area contributed by atoms with E-state index in [0.29, 0.717) is 24.7 Å². The monoisotopic (exact) mass is 318 g/mol. The van der Waals surface area contributed by atoms with E-state index in [1.165, 1.54) is 0 Å². The number of nitrogens with zero attached hydrogens (tertiary/aromatic N) is 2. The van der Waals surface area contributed by atoms with Crippen LogP contribution in [0.25, 0.3) is 0 Å². The highest BCUT2D eigenvalue weighted by Crippen LogP contribution is 2.19. The van der Waals surface area contributed by atoms with Gasteiger partial charge in [0.25, 0.3) is 0 Å². The lowest BCUT2D eigenvalue weighted by Gasteiger charge is -2.37. The molecule has 0 spiro atoms. The maximum absolute atomic E-state index is 12.0. The van der Waals surface area contributed by atoms with Crippen LogP contribution in [0.5, 0.6) is 0 Å². The smallest absolute Gasteiger partial charge is 0.239 e. The minimum absolute atomic E-state index is 0. The Morgan fingerprint density at radius 1 is 1.67 bits per heavy atom. The van der Waals surface area contributed by atoms with Crippen molar-refractivity contribution in [1.82, 2.24) is 10.1 Å². The van der Waals surface area contributed by atoms with Crippen LogP contribution in [0.1, 0.15) is 18.6 Å². The lowest BCUT2D eigenvalue weighted by Crippen LogP contribution is -2.50. The second-order valence-electron chi connectivity index (χ2n) is 5.11. The van der Waals surface area contributed by atoms with E-state index < -0.39 is 0 Å². The van der Waals surface area contributed by atoms with E-state index in [0.717, 1.165) is 19.4 Å². The Morgan fingerprint density at radius 3 is 3.00 bits per heavy atom. The molecular weight excluding hydrogens is 296 g/mol. The average Bonchev–Trinajstić information content (AvgIpc) is 2.84. The van der Waals surface area contributed by atoms with Crippen LogP contribution in [0.2, 0.25) is 0 Å². The number of rotatable bonds is 5. The normalized spacial score (nSPS) is 22.6. The molecule has 1 aromatic heterocycles. The zero-order valence-electron chi connectivity index (χ0n) is 12.4. The van der Waals surface area contributed by atoms with E-state index in [4.69, 9.17) is 15.0 Å². The van der Waals surface area contributed by atoms with Gasteiger partial charge in [-0.15, -0.1) is 12.4 Å². The number of aryl methyl sites for hydroxylation is 1. The topological polar surface area (TPSA) is 93.6 Å². The number of hydrogen-bond acceptors (Lipinski definition) is 6. The second kappa shape index (κ2) is 8.33. The number of aromatic nitrogens is 1. The fourth-order valence-corrected chi connectivity index (χ4v) is 2.52. The number of carbonyl (C=O) groups excluding carboxylic acids is 1. The van der Waals surface area contributed by atoms with Crippen LogP contribution in [-0.4, -0.2) is 54.9 Å². The number of likely N-dealkylation sites (tertiary alicyclic amines) is 1. The number of methoxy groups -OCH3 is 1. The van der Waals surface area contributed by atoms with Crippen molar-refractivity contribution in [1.29, 1.82) is 0 Å². The van der Waals surface area contributed by atoms with E-state index in [1.807, 2.05) is 0 Å². The van der Waals surface area contributed by atoms with E-state index in [-0.39, 0.29) is 30.5 Å². The number of piperidine rings is 1. The third-order valence-corrected chi connectivity index (χ3v) is 3.64. The van der Waals surface area contributed by atoms with Gasteiger partial charge >= 0.3 is 0 Å². The summed E-state index contributed by atoms with van der Waals surface area (Å²) in [6.07, 6.45) is 2.02. The molecule has 0 aromatic carbocycles. The first kappa shape index (κ1) is 17.9. The quantitative estimate of drug-likeness (QED) is 0.833. The lowest BCUT2D eigenvalue weighted by atomic mass is 9.99. The van der Waals surface area contributed by atoms with Gasteiger partial charge in [-0.2, -0.15) is 0 Å². The summed E-state index contributed by atoms with van der Waals surface area (Å²) in [5.41, 5.74) is 5.79. The number of halogens is 1. The molecule has 0 aliphatic carbocycles. The van der Waals surface area contributed by atoms with Crippen LogP contribution in [0, 0.1) is 6.92 Å². The summed E-state index contributed by atoms with van der Waals surface area (Å²) in [6.45, 7) is 3.43. The van der Waals surface area contributed by atoms with Gasteiger partial charge in [-0.25, -0.2) is 0 Å². The first-order chi connectivity index (χ1) is 9.62. The summed E-state index contributed by atoms with van der Waals surface area (Å²) in [7, 11) is 1.72. The predicted octanol–water partition coefficient (Wildman–Crippen LogP) is 0.781. The molecule has 1 saturated heterocycles. The number of nitrogens with two attached hydrogens (primary N) is 1. The SMILES string of the molecule is COC1CCN(CC(=O)Nc2cc(C)on2)C(CN)C1.Cl. The van der Waals surface area contributed by atoms with Crippen molar-refractivity contribution in [2.24, 2.45) is 5.73 Å². The second-order valence-corrected chi connectivity index (χ2v) is 5.11. The Kier molecular flexibility index (Phi) is 7.10. The summed E-state index contributed by atoms with van der Waals surface area (Å²) >= 11 is 0. The van der Waals surface area contributed by atoms with Crippen molar-refractivity contribution in [2.45, 2.75) is 31.9 Å². The molecule has 1 fully saturated rings. The molecule has 1 aliphatic heterocycles. The van der Waals surface area contributed by atoms with Crippen LogP contribution in [-0.2, 0) is 9.53 Å². The summed E-state index contributed by atoms with van der Waals surface area (Å²) in [6, 6.07) is 1.87. The Hall–Kier alpha value is -1.15. The standard InChI is InChI=1S/C13H22N4O3.ClH/c1-9-5-12(16-20-9)15-13(18)8-17-4-3-11(19-2)6-10(17)7-14;/h5,10-11H,3-4,6-8,14H2,1-2H3,(H,15,16,18);1H. The van der Waals surface area contributed by atoms with Crippen molar-refractivity contribution >= 4 is 24.1 Å². The largest absolute Gasteiger partial charge is 0.381 e. The number of anilines is 1. The first-order valence-corrected chi connectivity index (χ1v) is 6.82. The molecule has 0 saturated carbocycles. The summed E-state index contributed by atoms with van der Waals surface area (Å²) in [4.78, 5) is 14.1. The van der Waals surface area contributed by atoms with E-state index in [2.05, 4.69) is 15.4 Å². The number of nitrogens with one attached hydrogen (secondary N) is 1. The molecule has 21 heavy (non-hydrogen) atoms. The molecule has 8 heteroatoms. The first-order valence-electron chi connectivity index (χ1n) is 6.82. The minimum atomic E-state index is -0.104. The molecule has 2 unspecified atom stereocenters. The maximum Gasteiger partial charge on any atom is 0.239 e. The molecule has 1 aliphatic rings. The van der Waals surface area contributed by atoms with Gasteiger partial charge < -0.3 is 20.3 Å². The zero-order chi connectivity index (χ0) is 14.5. The Morgan fingerprint density at radius 2 is 2.43 bits per heavy atom. The van der Waals surface area contributed by atoms with Crippen LogP contribution in [0.4, 0.5) is 5.82 Å². The Labute approximate surface area is 130 Å². The fraction of sp³-hybridized carbons (Fsp3) is 0.692. The molecule has 0 bridgehead atoms. The zero-order valence-corrected chi connectivity index (χ0v) is 13.2. The third kappa shape index (κ3) is 4.96. The highest BCUT2D eigenvalue weighted by Gasteiger charge is 2.28.